The molecule has 1 aliphatic rings. The van der Waals surface area contributed by atoms with E-state index in [-0.39, 0.29) is 24.4 Å². The molecule has 0 aromatic carbocycles. The van der Waals surface area contributed by atoms with Gasteiger partial charge in [-0.3, -0.25) is 24.0 Å². The second kappa shape index (κ2) is 6.40. The molecule has 0 spiro atoms. The van der Waals surface area contributed by atoms with E-state index < -0.39 is 12.0 Å². The summed E-state index contributed by atoms with van der Waals surface area (Å²) in [4.78, 5) is 44.6. The number of carbonyl (C=O) groups excluding carboxylic acids is 2. The van der Waals surface area contributed by atoms with E-state index >= 15 is 0 Å². The Balaban J connectivity index is 1.87. The van der Waals surface area contributed by atoms with Gasteiger partial charge in [0.05, 0.1) is 26.3 Å². The number of aromatic nitrogens is 4. The van der Waals surface area contributed by atoms with Gasteiger partial charge in [-0.05, 0) is 0 Å². The molecule has 0 aliphatic carbocycles. The van der Waals surface area contributed by atoms with Crippen LogP contribution in [0.5, 0.6) is 0 Å². The Morgan fingerprint density at radius 2 is 2.25 bits per heavy atom. The summed E-state index contributed by atoms with van der Waals surface area (Å²) in [6.07, 6.45) is 1.40. The third-order valence-electron chi connectivity index (χ3n) is 4.03. The lowest BCUT2D eigenvalue weighted by Gasteiger charge is -2.33. The molecule has 2 aromatic rings. The number of carbonyl (C=O) groups is 2. The normalized spacial score (nSPS) is 18.6. The van der Waals surface area contributed by atoms with Gasteiger partial charge in [-0.15, -0.1) is 0 Å². The molecule has 3 rings (SSSR count). The average Bonchev–Trinajstić information content (AvgIpc) is 2.92. The van der Waals surface area contributed by atoms with E-state index in [0.29, 0.717) is 29.9 Å². The molecule has 2 N–H and O–H groups in total. The maximum absolute atomic E-state index is 12.1. The highest BCUT2D eigenvalue weighted by Crippen LogP contribution is 2.13. The number of amides is 1. The van der Waals surface area contributed by atoms with Crippen LogP contribution in [0.25, 0.3) is 11.0 Å². The molecule has 128 valence electrons. The van der Waals surface area contributed by atoms with Crippen molar-refractivity contribution >= 4 is 22.9 Å². The number of ether oxygens (including phenoxy) is 1. The number of aromatic amines is 1. The summed E-state index contributed by atoms with van der Waals surface area (Å²) in [6, 6.07) is -0.654. The standard InChI is InChI=1S/C14H18N6O4/c1-19-12-8(6-16-19)13(22)18-10(17-12)7-20-4-3-15-14(23)9(20)5-11(21)24-2/h6,9H,3-5,7H2,1-2H3,(H,15,23)(H,17,18,22)/t9-/m1/s1. The number of methoxy groups -OCH3 is 1. The number of hydrogen-bond acceptors (Lipinski definition) is 7. The molecule has 0 radical (unpaired) electrons. The number of rotatable bonds is 4. The van der Waals surface area contributed by atoms with Crippen LogP contribution < -0.4 is 10.9 Å². The maximum Gasteiger partial charge on any atom is 0.307 e. The monoisotopic (exact) mass is 334 g/mol. The van der Waals surface area contributed by atoms with Crippen molar-refractivity contribution < 1.29 is 14.3 Å². The second-order valence-electron chi connectivity index (χ2n) is 5.58. The van der Waals surface area contributed by atoms with E-state index in [1.165, 1.54) is 18.0 Å². The highest BCUT2D eigenvalue weighted by Gasteiger charge is 2.32. The fourth-order valence-electron chi connectivity index (χ4n) is 2.76. The van der Waals surface area contributed by atoms with E-state index in [0.717, 1.165) is 0 Å². The molecule has 3 heterocycles. The van der Waals surface area contributed by atoms with Crippen molar-refractivity contribution in [1.82, 2.24) is 30.0 Å². The van der Waals surface area contributed by atoms with Crippen molar-refractivity contribution in [2.24, 2.45) is 7.05 Å². The van der Waals surface area contributed by atoms with Crippen molar-refractivity contribution in [3.8, 4) is 0 Å². The number of esters is 1. The van der Waals surface area contributed by atoms with Gasteiger partial charge in [-0.2, -0.15) is 5.10 Å². The van der Waals surface area contributed by atoms with E-state index in [1.807, 2.05) is 0 Å². The van der Waals surface area contributed by atoms with E-state index in [9.17, 15) is 14.4 Å². The zero-order valence-electron chi connectivity index (χ0n) is 13.4. The van der Waals surface area contributed by atoms with Crippen LogP contribution in [0, 0.1) is 0 Å². The molecule has 2 aromatic heterocycles. The van der Waals surface area contributed by atoms with Gasteiger partial charge in [0.15, 0.2) is 5.65 Å². The van der Waals surface area contributed by atoms with Gasteiger partial charge in [-0.1, -0.05) is 0 Å². The molecular formula is C14H18N6O4. The first kappa shape index (κ1) is 16.1. The Morgan fingerprint density at radius 1 is 1.46 bits per heavy atom. The van der Waals surface area contributed by atoms with Gasteiger partial charge in [-0.25, -0.2) is 4.98 Å². The van der Waals surface area contributed by atoms with Crippen molar-refractivity contribution in [2.75, 3.05) is 20.2 Å². The molecule has 1 saturated heterocycles. The first-order valence-electron chi connectivity index (χ1n) is 7.49. The number of aryl methyl sites for hydroxylation is 1. The molecule has 1 atom stereocenters. The minimum Gasteiger partial charge on any atom is -0.469 e. The lowest BCUT2D eigenvalue weighted by molar-refractivity contribution is -0.146. The first-order valence-corrected chi connectivity index (χ1v) is 7.49. The van der Waals surface area contributed by atoms with Crippen molar-refractivity contribution in [3.63, 3.8) is 0 Å². The molecule has 10 heteroatoms. The molecule has 1 fully saturated rings. The van der Waals surface area contributed by atoms with Gasteiger partial charge in [0, 0.05) is 20.1 Å². The second-order valence-corrected chi connectivity index (χ2v) is 5.58. The number of piperazine rings is 1. The van der Waals surface area contributed by atoms with E-state index in [1.54, 1.807) is 11.9 Å². The topological polar surface area (TPSA) is 122 Å². The zero-order chi connectivity index (χ0) is 17.3. The van der Waals surface area contributed by atoms with E-state index in [2.05, 4.69) is 25.1 Å². The number of hydrogen-bond donors (Lipinski definition) is 2. The number of H-pyrrole nitrogens is 1. The summed E-state index contributed by atoms with van der Waals surface area (Å²) < 4.78 is 6.17. The van der Waals surface area contributed by atoms with Gasteiger partial charge < -0.3 is 15.0 Å². The third kappa shape index (κ3) is 3.00. The molecule has 10 nitrogen and oxygen atoms in total. The van der Waals surface area contributed by atoms with Crippen LogP contribution in [0.1, 0.15) is 12.2 Å². The SMILES string of the molecule is COC(=O)C[C@@H]1C(=O)NCCN1Cc1nc2c(cnn2C)c(=O)[nH]1. The van der Waals surface area contributed by atoms with Crippen LogP contribution in [0.15, 0.2) is 11.0 Å². The van der Waals surface area contributed by atoms with Gasteiger partial charge >= 0.3 is 5.97 Å². The lowest BCUT2D eigenvalue weighted by atomic mass is 10.1. The summed E-state index contributed by atoms with van der Waals surface area (Å²) in [5.41, 5.74) is 0.189. The molecule has 0 unspecified atom stereocenters. The Hall–Kier alpha value is -2.75. The van der Waals surface area contributed by atoms with E-state index in [4.69, 9.17) is 0 Å². The summed E-state index contributed by atoms with van der Waals surface area (Å²) in [5, 5.41) is 7.15. The Bertz CT molecular complexity index is 841. The van der Waals surface area contributed by atoms with Crippen LogP contribution in [0.2, 0.25) is 0 Å². The molecule has 1 aliphatic heterocycles. The Morgan fingerprint density at radius 3 is 3.00 bits per heavy atom. The Labute approximate surface area is 136 Å². The average molecular weight is 334 g/mol. The van der Waals surface area contributed by atoms with Crippen LogP contribution in [0.4, 0.5) is 0 Å². The van der Waals surface area contributed by atoms with Gasteiger partial charge in [0.1, 0.15) is 17.3 Å². The lowest BCUT2D eigenvalue weighted by Crippen LogP contribution is -2.55. The molecule has 0 saturated carbocycles. The minimum atomic E-state index is -0.654. The molecule has 0 bridgehead atoms. The predicted molar refractivity (Wildman–Crippen MR) is 83.0 cm³/mol. The fraction of sp³-hybridized carbons (Fsp3) is 0.500. The van der Waals surface area contributed by atoms with Crippen molar-refractivity contribution in [2.45, 2.75) is 19.0 Å². The molecule has 1 amide bonds. The highest BCUT2D eigenvalue weighted by atomic mass is 16.5. The smallest absolute Gasteiger partial charge is 0.307 e. The highest BCUT2D eigenvalue weighted by molar-refractivity contribution is 5.87. The maximum atomic E-state index is 12.1. The summed E-state index contributed by atoms with van der Waals surface area (Å²) in [5.74, 6) is -0.290. The summed E-state index contributed by atoms with van der Waals surface area (Å²) in [7, 11) is 2.98. The number of nitrogens with zero attached hydrogens (tertiary/aromatic N) is 4. The molecule has 24 heavy (non-hydrogen) atoms. The molecular weight excluding hydrogens is 316 g/mol. The zero-order valence-corrected chi connectivity index (χ0v) is 13.4. The summed E-state index contributed by atoms with van der Waals surface area (Å²) >= 11 is 0. The van der Waals surface area contributed by atoms with Crippen LogP contribution >= 0.6 is 0 Å². The Kier molecular flexibility index (Phi) is 4.30. The van der Waals surface area contributed by atoms with Crippen LogP contribution in [0.3, 0.4) is 0 Å². The number of nitrogens with one attached hydrogen (secondary N) is 2. The summed E-state index contributed by atoms with van der Waals surface area (Å²) in [6.45, 7) is 1.25. The quantitative estimate of drug-likeness (QED) is 0.654. The predicted octanol–water partition coefficient (Wildman–Crippen LogP) is -1.48. The van der Waals surface area contributed by atoms with Gasteiger partial charge in [0.25, 0.3) is 5.56 Å². The minimum absolute atomic E-state index is 0.0550. The third-order valence-corrected chi connectivity index (χ3v) is 4.03. The largest absolute Gasteiger partial charge is 0.469 e. The fourth-order valence-corrected chi connectivity index (χ4v) is 2.76. The van der Waals surface area contributed by atoms with Crippen molar-refractivity contribution in [3.05, 3.63) is 22.4 Å². The first-order chi connectivity index (χ1) is 11.5. The van der Waals surface area contributed by atoms with Gasteiger partial charge in [0.2, 0.25) is 5.91 Å². The van der Waals surface area contributed by atoms with Crippen LogP contribution in [-0.4, -0.2) is 62.8 Å². The number of fused-ring (bicyclic) bond motifs is 1. The van der Waals surface area contributed by atoms with Crippen molar-refractivity contribution in [1.29, 1.82) is 0 Å². The van der Waals surface area contributed by atoms with Crippen LogP contribution in [-0.2, 0) is 27.9 Å².